The smallest absolute Gasteiger partial charge is 0.310 e. The van der Waals surface area contributed by atoms with Gasteiger partial charge < -0.3 is 9.08 Å². The molecule has 0 aliphatic carbocycles. The molecule has 0 spiro atoms. The topological polar surface area (TPSA) is 70.2 Å². The summed E-state index contributed by atoms with van der Waals surface area (Å²) < 4.78 is 29.4. The second-order valence-corrected chi connectivity index (χ2v) is 9.40. The van der Waals surface area contributed by atoms with E-state index in [4.69, 9.17) is 4.18 Å². The molecule has 0 radical (unpaired) electrons. The normalized spacial score (nSPS) is 22.2. The fraction of sp³-hybridized carbons (Fsp3) is 0.650. The van der Waals surface area contributed by atoms with Crippen LogP contribution in [-0.2, 0) is 14.9 Å². The summed E-state index contributed by atoms with van der Waals surface area (Å²) in [4.78, 5) is 18.9. The van der Waals surface area contributed by atoms with Gasteiger partial charge in [0, 0.05) is 45.3 Å². The van der Waals surface area contributed by atoms with Gasteiger partial charge in [-0.1, -0.05) is 18.2 Å². The van der Waals surface area contributed by atoms with Gasteiger partial charge in [-0.3, -0.25) is 14.6 Å². The first kappa shape index (κ1) is 21.1. The molecule has 8 heteroatoms. The third-order valence-electron chi connectivity index (χ3n) is 5.57. The van der Waals surface area contributed by atoms with Crippen molar-refractivity contribution < 1.29 is 17.4 Å². The van der Waals surface area contributed by atoms with Crippen LogP contribution in [0.4, 0.5) is 0 Å². The van der Waals surface area contributed by atoms with Crippen molar-refractivity contribution in [3.05, 3.63) is 30.3 Å². The quantitative estimate of drug-likeness (QED) is 0.635. The third-order valence-corrected chi connectivity index (χ3v) is 6.70. The number of hydrogen-bond donors (Lipinski definition) is 0. The van der Waals surface area contributed by atoms with Crippen molar-refractivity contribution in [1.29, 1.82) is 0 Å². The van der Waals surface area contributed by atoms with E-state index >= 15 is 0 Å². The van der Waals surface area contributed by atoms with Crippen LogP contribution in [0.15, 0.2) is 30.3 Å². The van der Waals surface area contributed by atoms with E-state index in [9.17, 15) is 13.2 Å². The Morgan fingerprint density at radius 3 is 2.39 bits per heavy atom. The fourth-order valence-corrected chi connectivity index (χ4v) is 4.80. The number of piperazine rings is 1. The molecule has 156 valence electrons. The van der Waals surface area contributed by atoms with Crippen LogP contribution in [0.2, 0.25) is 0 Å². The Kier molecular flexibility index (Phi) is 7.31. The van der Waals surface area contributed by atoms with E-state index in [1.54, 1.807) is 24.3 Å². The van der Waals surface area contributed by atoms with Crippen LogP contribution in [0, 0.1) is 0 Å². The van der Waals surface area contributed by atoms with E-state index in [2.05, 4.69) is 16.7 Å². The van der Waals surface area contributed by atoms with Gasteiger partial charge in [0.25, 0.3) is 0 Å². The molecule has 1 aromatic rings. The number of nitrogens with zero attached hydrogens (tertiary/aromatic N) is 3. The highest BCUT2D eigenvalue weighted by atomic mass is 32.2. The van der Waals surface area contributed by atoms with Gasteiger partial charge in [-0.05, 0) is 38.3 Å². The highest BCUT2D eigenvalue weighted by Gasteiger charge is 2.26. The van der Waals surface area contributed by atoms with Crippen molar-refractivity contribution in [2.24, 2.45) is 0 Å². The SMILES string of the molecule is CC1CCCCN1C(=O)CN1CCN(CCS(=O)(=O)Oc2ccccc2)CC1. The van der Waals surface area contributed by atoms with Gasteiger partial charge in [0.05, 0.1) is 12.3 Å². The van der Waals surface area contributed by atoms with Gasteiger partial charge in [-0.15, -0.1) is 0 Å². The van der Waals surface area contributed by atoms with Crippen molar-refractivity contribution in [2.75, 3.05) is 51.6 Å². The standard InChI is InChI=1S/C20H31N3O4S/c1-18-7-5-6-10-23(18)20(24)17-22-13-11-21(12-14-22)15-16-28(25,26)27-19-8-3-2-4-9-19/h2-4,8-9,18H,5-7,10-17H2,1H3. The van der Waals surface area contributed by atoms with Crippen LogP contribution >= 0.6 is 0 Å². The zero-order valence-corrected chi connectivity index (χ0v) is 17.4. The first-order valence-electron chi connectivity index (χ1n) is 10.1. The molecule has 0 N–H and O–H groups in total. The highest BCUT2D eigenvalue weighted by Crippen LogP contribution is 2.17. The molecule has 2 aliphatic rings. The number of para-hydroxylation sites is 1. The van der Waals surface area contributed by atoms with Gasteiger partial charge in [0.15, 0.2) is 0 Å². The van der Waals surface area contributed by atoms with Crippen LogP contribution in [-0.4, -0.2) is 86.6 Å². The Hall–Kier alpha value is -1.64. The monoisotopic (exact) mass is 409 g/mol. The Balaban J connectivity index is 1.38. The number of likely N-dealkylation sites (tertiary alicyclic amines) is 1. The van der Waals surface area contributed by atoms with Crippen molar-refractivity contribution in [3.8, 4) is 5.75 Å². The molecular formula is C20H31N3O4S. The maximum Gasteiger partial charge on any atom is 0.310 e. The molecule has 2 saturated heterocycles. The van der Waals surface area contributed by atoms with Gasteiger partial charge >= 0.3 is 10.1 Å². The lowest BCUT2D eigenvalue weighted by Gasteiger charge is -2.38. The predicted molar refractivity (Wildman–Crippen MR) is 109 cm³/mol. The maximum atomic E-state index is 12.6. The first-order chi connectivity index (χ1) is 13.4. The molecule has 0 saturated carbocycles. The van der Waals surface area contributed by atoms with Gasteiger partial charge in [0.1, 0.15) is 5.75 Å². The maximum absolute atomic E-state index is 12.6. The zero-order chi connectivity index (χ0) is 20.0. The summed E-state index contributed by atoms with van der Waals surface area (Å²) in [5, 5.41) is 0. The molecule has 1 amide bonds. The predicted octanol–water partition coefficient (Wildman–Crippen LogP) is 1.41. The number of piperidine rings is 1. The summed E-state index contributed by atoms with van der Waals surface area (Å²) in [5.41, 5.74) is 0. The highest BCUT2D eigenvalue weighted by molar-refractivity contribution is 7.87. The largest absolute Gasteiger partial charge is 0.382 e. The fourth-order valence-electron chi connectivity index (χ4n) is 3.83. The van der Waals surface area contributed by atoms with E-state index in [-0.39, 0.29) is 11.7 Å². The van der Waals surface area contributed by atoms with Crippen molar-refractivity contribution >= 4 is 16.0 Å². The average Bonchev–Trinajstić information content (AvgIpc) is 2.68. The van der Waals surface area contributed by atoms with Crippen LogP contribution in [0.1, 0.15) is 26.2 Å². The van der Waals surface area contributed by atoms with Crippen molar-refractivity contribution in [2.45, 2.75) is 32.2 Å². The lowest BCUT2D eigenvalue weighted by Crippen LogP contribution is -2.52. The summed E-state index contributed by atoms with van der Waals surface area (Å²) in [5.74, 6) is 0.531. The van der Waals surface area contributed by atoms with E-state index < -0.39 is 10.1 Å². The van der Waals surface area contributed by atoms with Gasteiger partial charge in [-0.25, -0.2) is 0 Å². The minimum Gasteiger partial charge on any atom is -0.382 e. The number of amides is 1. The molecule has 7 nitrogen and oxygen atoms in total. The van der Waals surface area contributed by atoms with Crippen LogP contribution in [0.3, 0.4) is 0 Å². The van der Waals surface area contributed by atoms with Crippen LogP contribution < -0.4 is 4.18 Å². The summed E-state index contributed by atoms with van der Waals surface area (Å²) in [7, 11) is -3.60. The molecule has 2 aliphatic heterocycles. The van der Waals surface area contributed by atoms with E-state index in [1.165, 1.54) is 6.42 Å². The summed E-state index contributed by atoms with van der Waals surface area (Å²) in [6.45, 7) is 7.02. The number of carbonyl (C=O) groups excluding carboxylic acids is 1. The van der Waals surface area contributed by atoms with Gasteiger partial charge in [-0.2, -0.15) is 8.42 Å². The average molecular weight is 410 g/mol. The minimum absolute atomic E-state index is 0.0356. The molecule has 0 bridgehead atoms. The Bertz CT molecular complexity index is 733. The number of benzene rings is 1. The van der Waals surface area contributed by atoms with E-state index in [0.29, 0.717) is 24.9 Å². The molecular weight excluding hydrogens is 378 g/mol. The summed E-state index contributed by atoms with van der Waals surface area (Å²) >= 11 is 0. The lowest BCUT2D eigenvalue weighted by molar-refractivity contribution is -0.136. The molecule has 3 rings (SSSR count). The number of carbonyl (C=O) groups is 1. The number of rotatable bonds is 7. The van der Waals surface area contributed by atoms with Crippen molar-refractivity contribution in [1.82, 2.24) is 14.7 Å². The zero-order valence-electron chi connectivity index (χ0n) is 16.6. The molecule has 1 atom stereocenters. The Morgan fingerprint density at radius 2 is 1.71 bits per heavy atom. The minimum atomic E-state index is -3.60. The van der Waals surface area contributed by atoms with E-state index in [1.807, 2.05) is 11.0 Å². The van der Waals surface area contributed by atoms with Gasteiger partial charge in [0.2, 0.25) is 5.91 Å². The second-order valence-electron chi connectivity index (χ2n) is 7.71. The van der Waals surface area contributed by atoms with Crippen LogP contribution in [0.25, 0.3) is 0 Å². The Labute approximate surface area is 168 Å². The summed E-state index contributed by atoms with van der Waals surface area (Å²) in [6, 6.07) is 8.92. The number of hydrogen-bond acceptors (Lipinski definition) is 6. The third kappa shape index (κ3) is 6.18. The molecule has 1 unspecified atom stereocenters. The second kappa shape index (κ2) is 9.71. The molecule has 2 heterocycles. The van der Waals surface area contributed by atoms with Crippen LogP contribution in [0.5, 0.6) is 5.75 Å². The molecule has 2 fully saturated rings. The summed E-state index contributed by atoms with van der Waals surface area (Å²) in [6.07, 6.45) is 3.41. The first-order valence-corrected chi connectivity index (χ1v) is 11.7. The molecule has 0 aromatic heterocycles. The van der Waals surface area contributed by atoms with Crippen molar-refractivity contribution in [3.63, 3.8) is 0 Å². The van der Waals surface area contributed by atoms with E-state index in [0.717, 1.165) is 45.6 Å². The Morgan fingerprint density at radius 1 is 1.04 bits per heavy atom. The molecule has 28 heavy (non-hydrogen) atoms. The molecule has 1 aromatic carbocycles. The lowest BCUT2D eigenvalue weighted by atomic mass is 10.0.